The highest BCUT2D eigenvalue weighted by Crippen LogP contribution is 1.98. The van der Waals surface area contributed by atoms with Gasteiger partial charge in [0.25, 0.3) is 0 Å². The van der Waals surface area contributed by atoms with E-state index >= 15 is 0 Å². The van der Waals surface area contributed by atoms with E-state index in [1.807, 2.05) is 37.3 Å². The first-order valence-electron chi connectivity index (χ1n) is 4.37. The van der Waals surface area contributed by atoms with E-state index in [-0.39, 0.29) is 0 Å². The molecule has 1 aromatic rings. The van der Waals surface area contributed by atoms with Gasteiger partial charge in [0.1, 0.15) is 0 Å². The molecule has 0 amide bonds. The van der Waals surface area contributed by atoms with Gasteiger partial charge in [-0.1, -0.05) is 30.3 Å². The minimum atomic E-state index is 0.709. The predicted octanol–water partition coefficient (Wildman–Crippen LogP) is 2.49. The average Bonchev–Trinajstić information content (AvgIpc) is 2.20. The first-order chi connectivity index (χ1) is 6.35. The van der Waals surface area contributed by atoms with E-state index in [1.54, 1.807) is 14.2 Å². The Labute approximate surface area is 80.5 Å². The average molecular weight is 182 g/mol. The molecule has 0 fully saturated rings. The van der Waals surface area contributed by atoms with E-state index in [2.05, 4.69) is 4.74 Å². The van der Waals surface area contributed by atoms with Gasteiger partial charge in [0.15, 0.2) is 0 Å². The minimum Gasteiger partial charge on any atom is -0.385 e. The lowest BCUT2D eigenvalue weighted by atomic mass is 10.2. The lowest BCUT2D eigenvalue weighted by Crippen LogP contribution is -1.84. The van der Waals surface area contributed by atoms with E-state index < -0.39 is 0 Å². The SMILES string of the molecule is CCOC.COCc1ccccc1. The zero-order chi connectivity index (χ0) is 9.94. The zero-order valence-corrected chi connectivity index (χ0v) is 8.62. The van der Waals surface area contributed by atoms with Crippen LogP contribution in [-0.2, 0) is 16.1 Å². The van der Waals surface area contributed by atoms with Crippen LogP contribution in [0, 0.1) is 0 Å². The third-order valence-electron chi connectivity index (χ3n) is 1.44. The number of hydrogen-bond acceptors (Lipinski definition) is 2. The molecule has 0 unspecified atom stereocenters. The smallest absolute Gasteiger partial charge is 0.0713 e. The van der Waals surface area contributed by atoms with Crippen molar-refractivity contribution >= 4 is 0 Å². The first kappa shape index (κ1) is 12.1. The highest BCUT2D eigenvalue weighted by molar-refractivity contribution is 5.13. The summed E-state index contributed by atoms with van der Waals surface area (Å²) in [7, 11) is 3.38. The van der Waals surface area contributed by atoms with Gasteiger partial charge in [-0.05, 0) is 12.5 Å². The Morgan fingerprint density at radius 2 is 1.54 bits per heavy atom. The Hall–Kier alpha value is -0.860. The van der Waals surface area contributed by atoms with Gasteiger partial charge >= 0.3 is 0 Å². The van der Waals surface area contributed by atoms with E-state index in [1.165, 1.54) is 5.56 Å². The molecule has 0 aromatic heterocycles. The van der Waals surface area contributed by atoms with Crippen molar-refractivity contribution in [1.29, 1.82) is 0 Å². The molecule has 0 aliphatic rings. The standard InChI is InChI=1S/C8H10O.C3H8O/c1-9-7-8-5-3-2-4-6-8;1-3-4-2/h2-6H,7H2,1H3;3H2,1-2H3. The fourth-order valence-electron chi connectivity index (χ4n) is 0.741. The number of methoxy groups -OCH3 is 2. The van der Waals surface area contributed by atoms with Crippen molar-refractivity contribution in [2.24, 2.45) is 0 Å². The second-order valence-electron chi connectivity index (χ2n) is 2.50. The number of ether oxygens (including phenoxy) is 2. The summed E-state index contributed by atoms with van der Waals surface area (Å²) < 4.78 is 9.47. The molecule has 74 valence electrons. The summed E-state index contributed by atoms with van der Waals surface area (Å²) in [5, 5.41) is 0. The Balaban J connectivity index is 0.000000310. The molecule has 0 aliphatic heterocycles. The molecule has 0 saturated carbocycles. The number of hydrogen-bond donors (Lipinski definition) is 0. The summed E-state index contributed by atoms with van der Waals surface area (Å²) in [6.07, 6.45) is 0. The highest BCUT2D eigenvalue weighted by atomic mass is 16.5. The predicted molar refractivity (Wildman–Crippen MR) is 54.7 cm³/mol. The second kappa shape index (κ2) is 9.23. The summed E-state index contributed by atoms with van der Waals surface area (Å²) >= 11 is 0. The minimum absolute atomic E-state index is 0.709. The van der Waals surface area contributed by atoms with Crippen molar-refractivity contribution in [2.45, 2.75) is 13.5 Å². The third-order valence-corrected chi connectivity index (χ3v) is 1.44. The van der Waals surface area contributed by atoms with Crippen molar-refractivity contribution < 1.29 is 9.47 Å². The van der Waals surface area contributed by atoms with E-state index in [0.29, 0.717) is 6.61 Å². The molecule has 0 radical (unpaired) electrons. The Kier molecular flexibility index (Phi) is 8.62. The maximum absolute atomic E-state index is 4.93. The van der Waals surface area contributed by atoms with Gasteiger partial charge in [-0.3, -0.25) is 0 Å². The van der Waals surface area contributed by atoms with Gasteiger partial charge in [-0.25, -0.2) is 0 Å². The van der Waals surface area contributed by atoms with Crippen LogP contribution in [0.5, 0.6) is 0 Å². The van der Waals surface area contributed by atoms with Crippen LogP contribution in [0.15, 0.2) is 30.3 Å². The van der Waals surface area contributed by atoms with Crippen LogP contribution in [0.25, 0.3) is 0 Å². The van der Waals surface area contributed by atoms with Crippen molar-refractivity contribution in [3.8, 4) is 0 Å². The fraction of sp³-hybridized carbons (Fsp3) is 0.455. The number of benzene rings is 1. The molecule has 0 saturated heterocycles. The lowest BCUT2D eigenvalue weighted by molar-refractivity contribution is 0.185. The summed E-state index contributed by atoms with van der Waals surface area (Å²) in [6, 6.07) is 10.1. The van der Waals surface area contributed by atoms with Crippen LogP contribution in [0.4, 0.5) is 0 Å². The fourth-order valence-corrected chi connectivity index (χ4v) is 0.741. The molecule has 0 N–H and O–H groups in total. The van der Waals surface area contributed by atoms with Gasteiger partial charge in [0.05, 0.1) is 6.61 Å². The summed E-state index contributed by atoms with van der Waals surface area (Å²) in [4.78, 5) is 0. The monoisotopic (exact) mass is 182 g/mol. The summed E-state index contributed by atoms with van der Waals surface area (Å²) in [6.45, 7) is 3.49. The van der Waals surface area contributed by atoms with Crippen LogP contribution in [0.3, 0.4) is 0 Å². The largest absolute Gasteiger partial charge is 0.385 e. The van der Waals surface area contributed by atoms with Gasteiger partial charge in [0, 0.05) is 20.8 Å². The molecule has 2 nitrogen and oxygen atoms in total. The number of rotatable bonds is 3. The Bertz CT molecular complexity index is 183. The molecule has 0 atom stereocenters. The van der Waals surface area contributed by atoms with E-state index in [9.17, 15) is 0 Å². The first-order valence-corrected chi connectivity index (χ1v) is 4.37. The molecule has 2 heteroatoms. The molecule has 0 aliphatic carbocycles. The molecule has 0 heterocycles. The molecular formula is C11H18O2. The lowest BCUT2D eigenvalue weighted by Gasteiger charge is -1.95. The van der Waals surface area contributed by atoms with Crippen LogP contribution in [-0.4, -0.2) is 20.8 Å². The summed E-state index contributed by atoms with van der Waals surface area (Å²) in [5.41, 5.74) is 1.22. The molecule has 0 spiro atoms. The third kappa shape index (κ3) is 7.50. The van der Waals surface area contributed by atoms with Gasteiger partial charge in [-0.2, -0.15) is 0 Å². The van der Waals surface area contributed by atoms with Crippen molar-refractivity contribution in [1.82, 2.24) is 0 Å². The van der Waals surface area contributed by atoms with Crippen LogP contribution in [0.1, 0.15) is 12.5 Å². The van der Waals surface area contributed by atoms with Gasteiger partial charge < -0.3 is 9.47 Å². The topological polar surface area (TPSA) is 18.5 Å². The quantitative estimate of drug-likeness (QED) is 0.715. The molecule has 13 heavy (non-hydrogen) atoms. The van der Waals surface area contributed by atoms with E-state index in [4.69, 9.17) is 4.74 Å². The van der Waals surface area contributed by atoms with Crippen molar-refractivity contribution in [3.05, 3.63) is 35.9 Å². The normalized spacial score (nSPS) is 8.85. The molecule has 0 bridgehead atoms. The van der Waals surface area contributed by atoms with Gasteiger partial charge in [-0.15, -0.1) is 0 Å². The van der Waals surface area contributed by atoms with Crippen molar-refractivity contribution in [2.75, 3.05) is 20.8 Å². The second-order valence-corrected chi connectivity index (χ2v) is 2.50. The Morgan fingerprint density at radius 3 is 1.92 bits per heavy atom. The molecular weight excluding hydrogens is 164 g/mol. The molecule has 1 rings (SSSR count). The molecule has 1 aromatic carbocycles. The van der Waals surface area contributed by atoms with Crippen LogP contribution < -0.4 is 0 Å². The Morgan fingerprint density at radius 1 is 1.00 bits per heavy atom. The summed E-state index contributed by atoms with van der Waals surface area (Å²) in [5.74, 6) is 0. The van der Waals surface area contributed by atoms with Gasteiger partial charge in [0.2, 0.25) is 0 Å². The van der Waals surface area contributed by atoms with E-state index in [0.717, 1.165) is 6.61 Å². The maximum atomic E-state index is 4.93. The van der Waals surface area contributed by atoms with Crippen LogP contribution >= 0.6 is 0 Å². The van der Waals surface area contributed by atoms with Crippen LogP contribution in [0.2, 0.25) is 0 Å². The maximum Gasteiger partial charge on any atom is 0.0713 e. The highest BCUT2D eigenvalue weighted by Gasteiger charge is 1.84. The zero-order valence-electron chi connectivity index (χ0n) is 8.62. The van der Waals surface area contributed by atoms with Crippen molar-refractivity contribution in [3.63, 3.8) is 0 Å².